The number of ether oxygens (including phenoxy) is 2. The molecule has 0 bridgehead atoms. The summed E-state index contributed by atoms with van der Waals surface area (Å²) in [6.45, 7) is 3.97. The second-order valence-corrected chi connectivity index (χ2v) is 2.56. The van der Waals surface area contributed by atoms with Gasteiger partial charge in [0.25, 0.3) is 0 Å². The molecule has 0 radical (unpaired) electrons. The first-order chi connectivity index (χ1) is 6.79. The fourth-order valence-electron chi connectivity index (χ4n) is 1.00. The molecule has 0 aromatic rings. The normalized spacial score (nSPS) is 14.0. The van der Waals surface area contributed by atoms with Crippen molar-refractivity contribution in [1.82, 2.24) is 0 Å². The Labute approximate surface area is 86.2 Å². The van der Waals surface area contributed by atoms with Crippen LogP contribution in [0.2, 0.25) is 0 Å². The minimum Gasteiger partial charge on any atom is -0.504 e. The average molecular weight is 194 g/mol. The van der Waals surface area contributed by atoms with Gasteiger partial charge in [-0.1, -0.05) is 12.2 Å². The molecule has 0 spiro atoms. The molecule has 0 unspecified atom stereocenters. The zero-order valence-corrected chi connectivity index (χ0v) is 9.28. The molecule has 0 rings (SSSR count). The van der Waals surface area contributed by atoms with E-state index >= 15 is 0 Å². The van der Waals surface area contributed by atoms with Crippen LogP contribution in [0.5, 0.6) is 0 Å². The van der Waals surface area contributed by atoms with Gasteiger partial charge in [0.1, 0.15) is 0 Å². The first-order valence-electron chi connectivity index (χ1n) is 4.51. The van der Waals surface area contributed by atoms with E-state index in [1.807, 2.05) is 38.2 Å². The highest BCUT2D eigenvalue weighted by Gasteiger charge is 1.95. The molecule has 0 aromatic heterocycles. The van der Waals surface area contributed by atoms with Gasteiger partial charge in [0.05, 0.1) is 26.7 Å². The maximum atomic E-state index is 4.87. The molecule has 78 valence electrons. The summed E-state index contributed by atoms with van der Waals surface area (Å²) >= 11 is 0. The second kappa shape index (κ2) is 8.17. The van der Waals surface area contributed by atoms with Gasteiger partial charge >= 0.3 is 0 Å². The first kappa shape index (κ1) is 12.6. The van der Waals surface area contributed by atoms with Crippen molar-refractivity contribution in [2.24, 2.45) is 0 Å². The van der Waals surface area contributed by atoms with Crippen molar-refractivity contribution in [2.75, 3.05) is 14.2 Å². The molecule has 0 aliphatic heterocycles. The molecule has 0 aliphatic rings. The Morgan fingerprint density at radius 3 is 1.36 bits per heavy atom. The van der Waals surface area contributed by atoms with E-state index in [0.29, 0.717) is 0 Å². The van der Waals surface area contributed by atoms with Crippen LogP contribution in [0.15, 0.2) is 48.0 Å². The molecule has 0 atom stereocenters. The topological polar surface area (TPSA) is 18.5 Å². The number of hydrogen-bond acceptors (Lipinski definition) is 2. The van der Waals surface area contributed by atoms with Crippen LogP contribution in [-0.4, -0.2) is 14.2 Å². The van der Waals surface area contributed by atoms with Gasteiger partial charge < -0.3 is 9.47 Å². The monoisotopic (exact) mass is 194 g/mol. The van der Waals surface area contributed by atoms with Crippen LogP contribution in [0.3, 0.4) is 0 Å². The van der Waals surface area contributed by atoms with Crippen molar-refractivity contribution < 1.29 is 9.47 Å². The molecule has 0 fully saturated rings. The number of methoxy groups -OCH3 is 2. The minimum atomic E-state index is 1.10. The average Bonchev–Trinajstić information content (AvgIpc) is 2.23. The highest BCUT2D eigenvalue weighted by Crippen LogP contribution is 2.13. The molecular formula is C12H18O2. The summed E-state index contributed by atoms with van der Waals surface area (Å²) in [4.78, 5) is 0. The summed E-state index contributed by atoms with van der Waals surface area (Å²) in [6, 6.07) is 0. The van der Waals surface area contributed by atoms with Crippen molar-refractivity contribution in [3.8, 4) is 0 Å². The fourth-order valence-corrected chi connectivity index (χ4v) is 1.00. The Morgan fingerprint density at radius 1 is 0.786 bits per heavy atom. The van der Waals surface area contributed by atoms with Crippen LogP contribution in [-0.2, 0) is 9.47 Å². The molecule has 2 heteroatoms. The molecule has 0 aliphatic carbocycles. The second-order valence-electron chi connectivity index (χ2n) is 2.56. The SMILES string of the molecule is CC=C(/C=C\OC)C(/C=C\OC)=C/C. The lowest BCUT2D eigenvalue weighted by molar-refractivity contribution is 0.337. The highest BCUT2D eigenvalue weighted by atomic mass is 16.5. The van der Waals surface area contributed by atoms with Crippen molar-refractivity contribution in [2.45, 2.75) is 13.8 Å². The van der Waals surface area contributed by atoms with E-state index in [9.17, 15) is 0 Å². The lowest BCUT2D eigenvalue weighted by atomic mass is 10.1. The fraction of sp³-hybridized carbons (Fsp3) is 0.333. The Hall–Kier alpha value is -1.44. The van der Waals surface area contributed by atoms with E-state index in [4.69, 9.17) is 9.47 Å². The molecule has 0 amide bonds. The molecule has 2 nitrogen and oxygen atoms in total. The standard InChI is InChI=1S/C12H18O2/c1-5-11(7-9-13-3)12(6-2)8-10-14-4/h5-10H,1-4H3/b9-7-,10-8-,11-5+,12-6?. The van der Waals surface area contributed by atoms with E-state index in [1.165, 1.54) is 0 Å². The van der Waals surface area contributed by atoms with Gasteiger partial charge in [0.2, 0.25) is 0 Å². The van der Waals surface area contributed by atoms with Crippen LogP contribution in [0.1, 0.15) is 13.8 Å². The van der Waals surface area contributed by atoms with Gasteiger partial charge in [0.15, 0.2) is 0 Å². The van der Waals surface area contributed by atoms with Crippen molar-refractivity contribution in [3.63, 3.8) is 0 Å². The third-order valence-corrected chi connectivity index (χ3v) is 1.72. The molecule has 0 heterocycles. The maximum absolute atomic E-state index is 4.87. The quantitative estimate of drug-likeness (QED) is 0.494. The number of rotatable bonds is 5. The molecule has 14 heavy (non-hydrogen) atoms. The van der Waals surface area contributed by atoms with E-state index in [-0.39, 0.29) is 0 Å². The lowest BCUT2D eigenvalue weighted by Crippen LogP contribution is -1.83. The predicted molar refractivity (Wildman–Crippen MR) is 59.8 cm³/mol. The van der Waals surface area contributed by atoms with Crippen LogP contribution >= 0.6 is 0 Å². The van der Waals surface area contributed by atoms with Crippen molar-refractivity contribution in [3.05, 3.63) is 48.0 Å². The minimum absolute atomic E-state index is 1.10. The molecule has 0 aromatic carbocycles. The van der Waals surface area contributed by atoms with Gasteiger partial charge in [-0.3, -0.25) is 0 Å². The van der Waals surface area contributed by atoms with Gasteiger partial charge in [-0.05, 0) is 37.1 Å². The summed E-state index contributed by atoms with van der Waals surface area (Å²) < 4.78 is 9.74. The molecule has 0 saturated carbocycles. The Kier molecular flexibility index (Phi) is 7.33. The van der Waals surface area contributed by atoms with Crippen LogP contribution in [0.25, 0.3) is 0 Å². The molecule has 0 saturated heterocycles. The lowest BCUT2D eigenvalue weighted by Gasteiger charge is -2.01. The summed E-state index contributed by atoms with van der Waals surface area (Å²) in [6.07, 6.45) is 11.2. The van der Waals surface area contributed by atoms with Crippen molar-refractivity contribution >= 4 is 0 Å². The van der Waals surface area contributed by atoms with E-state index < -0.39 is 0 Å². The van der Waals surface area contributed by atoms with E-state index in [2.05, 4.69) is 0 Å². The zero-order chi connectivity index (χ0) is 10.8. The summed E-state index contributed by atoms with van der Waals surface area (Å²) in [5, 5.41) is 0. The van der Waals surface area contributed by atoms with Crippen LogP contribution in [0, 0.1) is 0 Å². The third-order valence-electron chi connectivity index (χ3n) is 1.72. The Bertz CT molecular complexity index is 229. The smallest absolute Gasteiger partial charge is 0.0830 e. The first-order valence-corrected chi connectivity index (χ1v) is 4.51. The van der Waals surface area contributed by atoms with Crippen LogP contribution in [0.4, 0.5) is 0 Å². The Balaban J connectivity index is 4.65. The van der Waals surface area contributed by atoms with Gasteiger partial charge in [-0.15, -0.1) is 0 Å². The summed E-state index contributed by atoms with van der Waals surface area (Å²) in [5.74, 6) is 0. The number of allylic oxidation sites excluding steroid dienone is 6. The largest absolute Gasteiger partial charge is 0.504 e. The number of hydrogen-bond donors (Lipinski definition) is 0. The predicted octanol–water partition coefficient (Wildman–Crippen LogP) is 3.20. The molecular weight excluding hydrogens is 176 g/mol. The van der Waals surface area contributed by atoms with E-state index in [0.717, 1.165) is 11.1 Å². The third kappa shape index (κ3) is 4.55. The van der Waals surface area contributed by atoms with Gasteiger partial charge in [0, 0.05) is 0 Å². The van der Waals surface area contributed by atoms with Crippen molar-refractivity contribution in [1.29, 1.82) is 0 Å². The molecule has 0 N–H and O–H groups in total. The van der Waals surface area contributed by atoms with Gasteiger partial charge in [-0.2, -0.15) is 0 Å². The zero-order valence-electron chi connectivity index (χ0n) is 9.28. The van der Waals surface area contributed by atoms with Crippen LogP contribution < -0.4 is 0 Å². The summed E-state index contributed by atoms with van der Waals surface area (Å²) in [7, 11) is 3.26. The van der Waals surface area contributed by atoms with E-state index in [1.54, 1.807) is 26.7 Å². The Morgan fingerprint density at radius 2 is 1.14 bits per heavy atom. The maximum Gasteiger partial charge on any atom is 0.0830 e. The summed E-state index contributed by atoms with van der Waals surface area (Å²) in [5.41, 5.74) is 2.20. The highest BCUT2D eigenvalue weighted by molar-refractivity contribution is 5.45. The van der Waals surface area contributed by atoms with Gasteiger partial charge in [-0.25, -0.2) is 0 Å².